The molecule has 0 aliphatic heterocycles. The molecular weight excluding hydrogens is 394 g/mol. The van der Waals surface area contributed by atoms with Gasteiger partial charge in [0.25, 0.3) is 0 Å². The Morgan fingerprint density at radius 3 is 2.13 bits per heavy atom. The largest absolute Gasteiger partial charge is 0.311 e. The van der Waals surface area contributed by atoms with E-state index >= 15 is 0 Å². The van der Waals surface area contributed by atoms with E-state index in [1.54, 1.807) is 6.07 Å². The Bertz CT molecular complexity index is 1260. The van der Waals surface area contributed by atoms with Crippen molar-refractivity contribution in [2.75, 3.05) is 5.32 Å². The molecule has 0 saturated heterocycles. The molecule has 1 heterocycles. The van der Waals surface area contributed by atoms with Gasteiger partial charge in [0.2, 0.25) is 5.91 Å². The lowest BCUT2D eigenvalue weighted by molar-refractivity contribution is -0.114. The van der Waals surface area contributed by atoms with E-state index in [1.807, 2.05) is 83.4 Å². The van der Waals surface area contributed by atoms with Crippen LogP contribution in [0, 0.1) is 11.3 Å². The smallest absolute Gasteiger partial charge is 0.222 e. The van der Waals surface area contributed by atoms with Crippen molar-refractivity contribution in [1.29, 1.82) is 5.26 Å². The molecule has 4 aromatic rings. The van der Waals surface area contributed by atoms with Crippen molar-refractivity contribution in [3.8, 4) is 34.1 Å². The van der Waals surface area contributed by atoms with Gasteiger partial charge >= 0.3 is 0 Å². The Morgan fingerprint density at radius 1 is 0.933 bits per heavy atom. The van der Waals surface area contributed by atoms with Gasteiger partial charge in [-0.2, -0.15) is 5.26 Å². The topological polar surface area (TPSA) is 57.8 Å². The van der Waals surface area contributed by atoms with E-state index in [1.165, 1.54) is 6.92 Å². The van der Waals surface area contributed by atoms with Gasteiger partial charge in [0.15, 0.2) is 0 Å². The highest BCUT2D eigenvalue weighted by Crippen LogP contribution is 2.43. The molecule has 1 amide bonds. The summed E-state index contributed by atoms with van der Waals surface area (Å²) in [7, 11) is 0. The first-order chi connectivity index (χ1) is 14.6. The van der Waals surface area contributed by atoms with E-state index in [0.717, 1.165) is 28.1 Å². The molecule has 3 aromatic carbocycles. The summed E-state index contributed by atoms with van der Waals surface area (Å²) in [5.41, 5.74) is 4.53. The fourth-order valence-corrected chi connectivity index (χ4v) is 3.78. The number of carbonyl (C=O) groups excluding carboxylic acids is 1. The molecule has 4 nitrogen and oxygen atoms in total. The molecule has 0 spiro atoms. The molecule has 30 heavy (non-hydrogen) atoms. The highest BCUT2D eigenvalue weighted by molar-refractivity contribution is 6.30. The molecular formula is C25H18ClN3O. The van der Waals surface area contributed by atoms with Crippen molar-refractivity contribution in [2.45, 2.75) is 6.92 Å². The van der Waals surface area contributed by atoms with Crippen LogP contribution in [0.1, 0.15) is 12.5 Å². The van der Waals surface area contributed by atoms with Crippen molar-refractivity contribution >= 4 is 23.3 Å². The average molecular weight is 412 g/mol. The highest BCUT2D eigenvalue weighted by atomic mass is 35.5. The van der Waals surface area contributed by atoms with Gasteiger partial charge in [-0.05, 0) is 29.3 Å². The van der Waals surface area contributed by atoms with Gasteiger partial charge in [0.1, 0.15) is 17.5 Å². The minimum absolute atomic E-state index is 0.258. The molecule has 0 saturated carbocycles. The fourth-order valence-electron chi connectivity index (χ4n) is 3.59. The van der Waals surface area contributed by atoms with Crippen LogP contribution in [0.15, 0.2) is 84.9 Å². The standard InChI is InChI=1S/C25H18ClN3O/c1-17(30)28-25-22(16-27)23(18-9-4-2-5-10-18)24(19-11-6-3-7-12-19)29(25)21-14-8-13-20(26)15-21/h2-15H,1H3,(H,28,30). The van der Waals surface area contributed by atoms with Crippen LogP contribution in [0.4, 0.5) is 5.82 Å². The van der Waals surface area contributed by atoms with Crippen LogP contribution >= 0.6 is 11.6 Å². The number of hydrogen-bond acceptors (Lipinski definition) is 2. The third-order valence-corrected chi connectivity index (χ3v) is 4.99. The lowest BCUT2D eigenvalue weighted by Crippen LogP contribution is -2.12. The van der Waals surface area contributed by atoms with E-state index in [2.05, 4.69) is 11.4 Å². The fraction of sp³-hybridized carbons (Fsp3) is 0.0400. The number of nitriles is 1. The maximum atomic E-state index is 12.1. The number of amides is 1. The number of nitrogens with zero attached hydrogens (tertiary/aromatic N) is 2. The molecule has 0 atom stereocenters. The number of anilines is 1. The maximum Gasteiger partial charge on any atom is 0.222 e. The van der Waals surface area contributed by atoms with Gasteiger partial charge < -0.3 is 5.32 Å². The normalized spacial score (nSPS) is 10.4. The second-order valence-corrected chi connectivity index (χ2v) is 7.22. The van der Waals surface area contributed by atoms with Crippen LogP contribution in [0.2, 0.25) is 5.02 Å². The zero-order valence-electron chi connectivity index (χ0n) is 16.3. The number of halogens is 1. The predicted molar refractivity (Wildman–Crippen MR) is 121 cm³/mol. The zero-order chi connectivity index (χ0) is 21.1. The Hall–Kier alpha value is -3.81. The lowest BCUT2D eigenvalue weighted by atomic mass is 9.98. The molecule has 0 radical (unpaired) electrons. The Kier molecular flexibility index (Phi) is 5.38. The summed E-state index contributed by atoms with van der Waals surface area (Å²) in [6, 6.07) is 29.2. The molecule has 0 bridgehead atoms. The van der Waals surface area contributed by atoms with Gasteiger partial charge in [-0.3, -0.25) is 9.36 Å². The van der Waals surface area contributed by atoms with Crippen LogP contribution in [-0.2, 0) is 4.79 Å². The molecule has 5 heteroatoms. The Balaban J connectivity index is 2.18. The third kappa shape index (κ3) is 3.59. The summed E-state index contributed by atoms with van der Waals surface area (Å²) in [5.74, 6) is 0.163. The minimum atomic E-state index is -0.258. The van der Waals surface area contributed by atoms with Crippen LogP contribution in [0.25, 0.3) is 28.1 Å². The first-order valence-electron chi connectivity index (χ1n) is 9.43. The third-order valence-electron chi connectivity index (χ3n) is 4.75. The molecule has 0 aliphatic carbocycles. The van der Waals surface area contributed by atoms with E-state index in [4.69, 9.17) is 11.6 Å². The van der Waals surface area contributed by atoms with E-state index in [0.29, 0.717) is 16.4 Å². The van der Waals surface area contributed by atoms with Crippen LogP contribution in [-0.4, -0.2) is 10.5 Å². The van der Waals surface area contributed by atoms with Crippen LogP contribution in [0.3, 0.4) is 0 Å². The maximum absolute atomic E-state index is 12.1. The number of benzene rings is 3. The summed E-state index contributed by atoms with van der Waals surface area (Å²) in [4.78, 5) is 12.1. The Labute approximate surface area is 180 Å². The molecule has 0 fully saturated rings. The van der Waals surface area contributed by atoms with E-state index in [-0.39, 0.29) is 5.91 Å². The monoisotopic (exact) mass is 411 g/mol. The van der Waals surface area contributed by atoms with Crippen molar-refractivity contribution < 1.29 is 4.79 Å². The number of rotatable bonds is 4. The lowest BCUT2D eigenvalue weighted by Gasteiger charge is -2.15. The second-order valence-electron chi connectivity index (χ2n) is 6.79. The quantitative estimate of drug-likeness (QED) is 0.428. The van der Waals surface area contributed by atoms with Gasteiger partial charge in [-0.15, -0.1) is 0 Å². The molecule has 1 N–H and O–H groups in total. The molecule has 1 aromatic heterocycles. The predicted octanol–water partition coefficient (Wildman–Crippen LogP) is 6.29. The van der Waals surface area contributed by atoms with Gasteiger partial charge in [0.05, 0.1) is 5.69 Å². The molecule has 146 valence electrons. The number of hydrogen-bond donors (Lipinski definition) is 1. The van der Waals surface area contributed by atoms with Crippen molar-refractivity contribution in [2.24, 2.45) is 0 Å². The van der Waals surface area contributed by atoms with Gasteiger partial charge in [-0.1, -0.05) is 78.3 Å². The summed E-state index contributed by atoms with van der Waals surface area (Å²) in [6.07, 6.45) is 0. The minimum Gasteiger partial charge on any atom is -0.311 e. The van der Waals surface area contributed by atoms with E-state index in [9.17, 15) is 10.1 Å². The van der Waals surface area contributed by atoms with Gasteiger partial charge in [0, 0.05) is 23.2 Å². The van der Waals surface area contributed by atoms with Gasteiger partial charge in [-0.25, -0.2) is 0 Å². The molecule has 0 aliphatic rings. The number of carbonyl (C=O) groups is 1. The van der Waals surface area contributed by atoms with Crippen LogP contribution < -0.4 is 5.32 Å². The average Bonchev–Trinajstić information content (AvgIpc) is 3.08. The number of aromatic nitrogens is 1. The van der Waals surface area contributed by atoms with Crippen LogP contribution in [0.5, 0.6) is 0 Å². The van der Waals surface area contributed by atoms with Crippen molar-refractivity contribution in [1.82, 2.24) is 4.57 Å². The van der Waals surface area contributed by atoms with Crippen molar-refractivity contribution in [3.63, 3.8) is 0 Å². The summed E-state index contributed by atoms with van der Waals surface area (Å²) < 4.78 is 1.89. The molecule has 0 unspecified atom stereocenters. The second kappa shape index (κ2) is 8.28. The summed E-state index contributed by atoms with van der Waals surface area (Å²) in [6.45, 7) is 1.43. The zero-order valence-corrected chi connectivity index (χ0v) is 17.0. The summed E-state index contributed by atoms with van der Waals surface area (Å²) in [5, 5.41) is 13.6. The molecule has 4 rings (SSSR count). The van der Waals surface area contributed by atoms with E-state index < -0.39 is 0 Å². The first kappa shape index (κ1) is 19.5. The Morgan fingerprint density at radius 2 is 1.57 bits per heavy atom. The number of nitrogens with one attached hydrogen (secondary N) is 1. The SMILES string of the molecule is CC(=O)Nc1c(C#N)c(-c2ccccc2)c(-c2ccccc2)n1-c1cccc(Cl)c1. The summed E-state index contributed by atoms with van der Waals surface area (Å²) >= 11 is 6.28. The van der Waals surface area contributed by atoms with Crippen molar-refractivity contribution in [3.05, 3.63) is 95.5 Å². The highest BCUT2D eigenvalue weighted by Gasteiger charge is 2.26. The first-order valence-corrected chi connectivity index (χ1v) is 9.81.